The van der Waals surface area contributed by atoms with Crippen molar-refractivity contribution < 1.29 is 4.79 Å². The zero-order valence-electron chi connectivity index (χ0n) is 13.4. The molecule has 1 aliphatic carbocycles. The molecule has 0 atom stereocenters. The number of hydrogen-bond acceptors (Lipinski definition) is 5. The van der Waals surface area contributed by atoms with Gasteiger partial charge in [0.2, 0.25) is 0 Å². The van der Waals surface area contributed by atoms with E-state index in [-0.39, 0.29) is 11.5 Å². The average Bonchev–Trinajstić information content (AvgIpc) is 2.86. The summed E-state index contributed by atoms with van der Waals surface area (Å²) in [6, 6.07) is 3.57. The van der Waals surface area contributed by atoms with Crippen molar-refractivity contribution >= 4 is 17.7 Å². The number of aryl methyl sites for hydroxylation is 1. The van der Waals surface area contributed by atoms with Crippen LogP contribution in [0.3, 0.4) is 0 Å². The highest BCUT2D eigenvalue weighted by Crippen LogP contribution is 2.38. The molecular formula is C17H18N4O2S. The number of fused-ring (bicyclic) bond motifs is 2. The first kappa shape index (κ1) is 15.4. The van der Waals surface area contributed by atoms with Gasteiger partial charge < -0.3 is 5.32 Å². The molecule has 6 nitrogen and oxygen atoms in total. The van der Waals surface area contributed by atoms with Crippen LogP contribution in [-0.2, 0) is 5.66 Å². The van der Waals surface area contributed by atoms with Gasteiger partial charge in [0.25, 0.3) is 11.5 Å². The highest BCUT2D eigenvalue weighted by atomic mass is 32.2. The Hall–Kier alpha value is -2.15. The maximum absolute atomic E-state index is 13.1. The molecule has 2 aliphatic rings. The van der Waals surface area contributed by atoms with Crippen LogP contribution in [0.15, 0.2) is 39.4 Å². The Morgan fingerprint density at radius 2 is 2.04 bits per heavy atom. The second-order valence-corrected chi connectivity index (χ2v) is 7.44. The minimum Gasteiger partial charge on any atom is -0.327 e. The lowest BCUT2D eigenvalue weighted by atomic mass is 9.89. The summed E-state index contributed by atoms with van der Waals surface area (Å²) in [6.07, 6.45) is 7.94. The molecule has 124 valence electrons. The maximum atomic E-state index is 13.1. The van der Waals surface area contributed by atoms with Crippen molar-refractivity contribution in [1.29, 1.82) is 0 Å². The quantitative estimate of drug-likeness (QED) is 0.849. The van der Waals surface area contributed by atoms with Crippen molar-refractivity contribution in [3.05, 3.63) is 46.3 Å². The van der Waals surface area contributed by atoms with Gasteiger partial charge >= 0.3 is 0 Å². The zero-order valence-corrected chi connectivity index (χ0v) is 14.2. The average molecular weight is 342 g/mol. The summed E-state index contributed by atoms with van der Waals surface area (Å²) in [5.74, 6) is -0.134. The Kier molecular flexibility index (Phi) is 3.68. The fourth-order valence-corrected chi connectivity index (χ4v) is 4.61. The van der Waals surface area contributed by atoms with Gasteiger partial charge in [0.15, 0.2) is 0 Å². The van der Waals surface area contributed by atoms with Crippen molar-refractivity contribution in [2.75, 3.05) is 0 Å². The van der Waals surface area contributed by atoms with Crippen LogP contribution in [0.2, 0.25) is 0 Å². The van der Waals surface area contributed by atoms with Crippen LogP contribution in [0.4, 0.5) is 0 Å². The van der Waals surface area contributed by atoms with Crippen molar-refractivity contribution in [2.45, 2.75) is 54.6 Å². The van der Waals surface area contributed by atoms with Gasteiger partial charge in [-0.2, -0.15) is 0 Å². The Bertz CT molecular complexity index is 857. The molecule has 3 heterocycles. The van der Waals surface area contributed by atoms with Gasteiger partial charge in [-0.15, -0.1) is 0 Å². The van der Waals surface area contributed by atoms with Crippen LogP contribution < -0.4 is 10.9 Å². The number of carbonyl (C=O) groups is 1. The molecule has 0 unspecified atom stereocenters. The smallest absolute Gasteiger partial charge is 0.270 e. The van der Waals surface area contributed by atoms with Gasteiger partial charge in [0.1, 0.15) is 22.7 Å². The van der Waals surface area contributed by atoms with Crippen molar-refractivity contribution in [3.8, 4) is 0 Å². The van der Waals surface area contributed by atoms with Crippen molar-refractivity contribution in [1.82, 2.24) is 19.9 Å². The molecule has 1 saturated carbocycles. The predicted octanol–water partition coefficient (Wildman–Crippen LogP) is 2.46. The second-order valence-electron chi connectivity index (χ2n) is 6.38. The normalized spacial score (nSPS) is 18.5. The maximum Gasteiger partial charge on any atom is 0.270 e. The van der Waals surface area contributed by atoms with E-state index in [0.29, 0.717) is 10.6 Å². The van der Waals surface area contributed by atoms with Crippen molar-refractivity contribution in [3.63, 3.8) is 0 Å². The standard InChI is InChI=1S/C17H18N4O2S/c1-11-9-12(24-13-5-8-18-10-19-13)16(23)21-14(11)15(22)20-17(21)6-3-2-4-7-17/h5,8-10H,2-4,6-7H2,1H3,(H,20,22). The van der Waals surface area contributed by atoms with E-state index in [4.69, 9.17) is 0 Å². The number of carbonyl (C=O) groups excluding carboxylic acids is 1. The summed E-state index contributed by atoms with van der Waals surface area (Å²) in [4.78, 5) is 34.3. The molecular weight excluding hydrogens is 324 g/mol. The van der Waals surface area contributed by atoms with Gasteiger partial charge in [-0.25, -0.2) is 9.97 Å². The SMILES string of the molecule is Cc1cc(Sc2ccncn2)c(=O)n2c1C(=O)NC21CCCCC1. The third-order valence-electron chi connectivity index (χ3n) is 4.80. The zero-order chi connectivity index (χ0) is 16.7. The first-order valence-electron chi connectivity index (χ1n) is 8.14. The summed E-state index contributed by atoms with van der Waals surface area (Å²) in [7, 11) is 0. The Morgan fingerprint density at radius 3 is 2.75 bits per heavy atom. The molecule has 24 heavy (non-hydrogen) atoms. The van der Waals surface area contributed by atoms with E-state index in [1.807, 2.05) is 6.92 Å². The molecule has 0 bridgehead atoms. The largest absolute Gasteiger partial charge is 0.327 e. The topological polar surface area (TPSA) is 76.9 Å². The van der Waals surface area contributed by atoms with Crippen LogP contribution in [0.5, 0.6) is 0 Å². The van der Waals surface area contributed by atoms with E-state index >= 15 is 0 Å². The van der Waals surface area contributed by atoms with Crippen LogP contribution in [-0.4, -0.2) is 20.4 Å². The minimum atomic E-state index is -0.547. The lowest BCUT2D eigenvalue weighted by Gasteiger charge is -2.35. The molecule has 2 aromatic rings. The number of nitrogens with one attached hydrogen (secondary N) is 1. The molecule has 1 amide bonds. The summed E-state index contributed by atoms with van der Waals surface area (Å²) >= 11 is 1.32. The lowest BCUT2D eigenvalue weighted by Crippen LogP contribution is -2.48. The fraction of sp³-hybridized carbons (Fsp3) is 0.412. The molecule has 1 spiro atoms. The Balaban J connectivity index is 1.85. The van der Waals surface area contributed by atoms with Gasteiger partial charge in [-0.3, -0.25) is 14.2 Å². The highest BCUT2D eigenvalue weighted by molar-refractivity contribution is 7.99. The third-order valence-corrected chi connectivity index (χ3v) is 5.76. The first-order valence-corrected chi connectivity index (χ1v) is 8.96. The summed E-state index contributed by atoms with van der Waals surface area (Å²) in [5.41, 5.74) is 0.675. The van der Waals surface area contributed by atoms with E-state index < -0.39 is 5.66 Å². The van der Waals surface area contributed by atoms with Crippen LogP contribution in [0.1, 0.15) is 48.2 Å². The summed E-state index contributed by atoms with van der Waals surface area (Å²) < 4.78 is 1.72. The first-order chi connectivity index (χ1) is 11.6. The number of aromatic nitrogens is 3. The number of hydrogen-bond donors (Lipinski definition) is 1. The molecule has 0 saturated heterocycles. The molecule has 2 aromatic heterocycles. The number of rotatable bonds is 2. The molecule has 1 fully saturated rings. The third kappa shape index (κ3) is 2.34. The van der Waals surface area contributed by atoms with Gasteiger partial charge in [-0.1, -0.05) is 18.2 Å². The lowest BCUT2D eigenvalue weighted by molar-refractivity contribution is 0.0876. The van der Waals surface area contributed by atoms with Gasteiger partial charge in [0, 0.05) is 6.20 Å². The van der Waals surface area contributed by atoms with E-state index in [2.05, 4.69) is 15.3 Å². The Morgan fingerprint density at radius 1 is 1.25 bits per heavy atom. The molecule has 7 heteroatoms. The van der Waals surface area contributed by atoms with Crippen LogP contribution >= 0.6 is 11.8 Å². The monoisotopic (exact) mass is 342 g/mol. The van der Waals surface area contributed by atoms with Crippen molar-refractivity contribution in [2.24, 2.45) is 0 Å². The van der Waals surface area contributed by atoms with Crippen LogP contribution in [0, 0.1) is 6.92 Å². The molecule has 0 radical (unpaired) electrons. The van der Waals surface area contributed by atoms with Gasteiger partial charge in [-0.05, 0) is 50.3 Å². The predicted molar refractivity (Wildman–Crippen MR) is 90.1 cm³/mol. The summed E-state index contributed by atoms with van der Waals surface area (Å²) in [5, 5.41) is 3.82. The Labute approximate surface area is 143 Å². The number of amides is 1. The van der Waals surface area contributed by atoms with Gasteiger partial charge in [0.05, 0.1) is 4.90 Å². The molecule has 1 N–H and O–H groups in total. The van der Waals surface area contributed by atoms with E-state index in [0.717, 1.165) is 42.7 Å². The van der Waals surface area contributed by atoms with E-state index in [1.165, 1.54) is 18.1 Å². The van der Waals surface area contributed by atoms with Crippen LogP contribution in [0.25, 0.3) is 0 Å². The fourth-order valence-electron chi connectivity index (χ4n) is 3.74. The molecule has 1 aliphatic heterocycles. The van der Waals surface area contributed by atoms with E-state index in [9.17, 15) is 9.59 Å². The summed E-state index contributed by atoms with van der Waals surface area (Å²) in [6.45, 7) is 1.89. The number of nitrogens with zero attached hydrogens (tertiary/aromatic N) is 3. The highest BCUT2D eigenvalue weighted by Gasteiger charge is 2.45. The number of pyridine rings is 1. The second kappa shape index (κ2) is 5.73. The minimum absolute atomic E-state index is 0.112. The molecule has 0 aromatic carbocycles. The van der Waals surface area contributed by atoms with E-state index in [1.54, 1.807) is 22.9 Å². The molecule has 4 rings (SSSR count).